The molecule has 0 aliphatic heterocycles. The quantitative estimate of drug-likeness (QED) is 0.751. The van der Waals surface area contributed by atoms with Crippen molar-refractivity contribution in [1.29, 1.82) is 0 Å². The van der Waals surface area contributed by atoms with Crippen LogP contribution in [0, 0.1) is 0 Å². The first-order valence-corrected chi connectivity index (χ1v) is 7.95. The van der Waals surface area contributed by atoms with Gasteiger partial charge in [-0.15, -0.1) is 0 Å². The van der Waals surface area contributed by atoms with Crippen molar-refractivity contribution in [1.82, 2.24) is 4.57 Å². The van der Waals surface area contributed by atoms with Gasteiger partial charge in [-0.3, -0.25) is 9.59 Å². The molecule has 0 atom stereocenters. The van der Waals surface area contributed by atoms with E-state index in [1.807, 2.05) is 18.2 Å². The number of pyridine rings is 1. The number of carbonyl (C=O) groups excluding carboxylic acids is 1. The fraction of sp³-hybridized carbons (Fsp3) is 0.0769. The SMILES string of the molecule is O=C(Cn1cc(Br)cc(Br)c1=O)Nc1ccccc1Br. The predicted octanol–water partition coefficient (Wildman–Crippen LogP) is 3.77. The van der Waals surface area contributed by atoms with Gasteiger partial charge in [0.1, 0.15) is 6.54 Å². The maximum absolute atomic E-state index is 12.0. The molecule has 0 spiro atoms. The Labute approximate surface area is 140 Å². The molecule has 0 unspecified atom stereocenters. The van der Waals surface area contributed by atoms with Crippen LogP contribution in [0.3, 0.4) is 0 Å². The monoisotopic (exact) mass is 462 g/mol. The van der Waals surface area contributed by atoms with Gasteiger partial charge in [0.2, 0.25) is 5.91 Å². The van der Waals surface area contributed by atoms with Gasteiger partial charge < -0.3 is 9.88 Å². The number of benzene rings is 1. The van der Waals surface area contributed by atoms with Crippen LogP contribution in [0.1, 0.15) is 0 Å². The molecule has 0 aliphatic carbocycles. The van der Waals surface area contributed by atoms with Gasteiger partial charge in [-0.2, -0.15) is 0 Å². The number of amides is 1. The minimum atomic E-state index is -0.274. The van der Waals surface area contributed by atoms with E-state index in [0.29, 0.717) is 10.2 Å². The zero-order valence-electron chi connectivity index (χ0n) is 10.1. The van der Waals surface area contributed by atoms with Gasteiger partial charge in [-0.05, 0) is 66.0 Å². The molecule has 7 heteroatoms. The van der Waals surface area contributed by atoms with Crippen molar-refractivity contribution >= 4 is 59.4 Å². The van der Waals surface area contributed by atoms with Crippen LogP contribution < -0.4 is 10.9 Å². The molecule has 0 radical (unpaired) electrons. The lowest BCUT2D eigenvalue weighted by Crippen LogP contribution is -2.27. The highest BCUT2D eigenvalue weighted by Crippen LogP contribution is 2.21. The number of rotatable bonds is 3. The topological polar surface area (TPSA) is 51.1 Å². The van der Waals surface area contributed by atoms with Crippen LogP contribution in [0.4, 0.5) is 5.69 Å². The highest BCUT2D eigenvalue weighted by molar-refractivity contribution is 9.11. The van der Waals surface area contributed by atoms with Crippen molar-refractivity contribution < 1.29 is 4.79 Å². The average Bonchev–Trinajstić information content (AvgIpc) is 2.38. The largest absolute Gasteiger partial charge is 0.324 e. The first-order valence-electron chi connectivity index (χ1n) is 5.57. The van der Waals surface area contributed by atoms with E-state index >= 15 is 0 Å². The lowest BCUT2D eigenvalue weighted by atomic mass is 10.3. The van der Waals surface area contributed by atoms with E-state index < -0.39 is 0 Å². The Morgan fingerprint density at radius 1 is 1.15 bits per heavy atom. The third-order valence-corrected chi connectivity index (χ3v) is 4.16. The number of carbonyl (C=O) groups is 1. The molecule has 4 nitrogen and oxygen atoms in total. The number of aromatic nitrogens is 1. The van der Waals surface area contributed by atoms with Gasteiger partial charge >= 0.3 is 0 Å². The number of anilines is 1. The summed E-state index contributed by atoms with van der Waals surface area (Å²) in [5, 5.41) is 2.75. The Morgan fingerprint density at radius 2 is 1.85 bits per heavy atom. The molecular formula is C13H9Br3N2O2. The van der Waals surface area contributed by atoms with E-state index in [-0.39, 0.29) is 18.0 Å². The van der Waals surface area contributed by atoms with Crippen LogP contribution in [-0.4, -0.2) is 10.5 Å². The van der Waals surface area contributed by atoms with Crippen LogP contribution >= 0.6 is 47.8 Å². The van der Waals surface area contributed by atoms with Crippen molar-refractivity contribution in [2.24, 2.45) is 0 Å². The summed E-state index contributed by atoms with van der Waals surface area (Å²) < 4.78 is 3.25. The van der Waals surface area contributed by atoms with E-state index in [1.54, 1.807) is 18.3 Å². The molecule has 1 heterocycles. The number of halogens is 3. The minimum absolute atomic E-state index is 0.0573. The Bertz CT molecular complexity index is 713. The standard InChI is InChI=1S/C13H9Br3N2O2/c14-8-5-10(16)13(20)18(6-8)7-12(19)17-11-4-2-1-3-9(11)15/h1-6H,7H2,(H,17,19). The maximum atomic E-state index is 12.0. The van der Waals surface area contributed by atoms with Gasteiger partial charge in [-0.25, -0.2) is 0 Å². The first kappa shape index (κ1) is 15.5. The Morgan fingerprint density at radius 3 is 2.55 bits per heavy atom. The Balaban J connectivity index is 2.17. The molecule has 1 aromatic carbocycles. The normalized spacial score (nSPS) is 10.3. The second-order valence-electron chi connectivity index (χ2n) is 3.97. The summed E-state index contributed by atoms with van der Waals surface area (Å²) in [6.07, 6.45) is 1.58. The second-order valence-corrected chi connectivity index (χ2v) is 6.59. The number of hydrogen-bond donors (Lipinski definition) is 1. The highest BCUT2D eigenvalue weighted by atomic mass is 79.9. The summed E-state index contributed by atoms with van der Waals surface area (Å²) in [6.45, 7) is -0.0573. The zero-order chi connectivity index (χ0) is 14.7. The summed E-state index contributed by atoms with van der Waals surface area (Å²) >= 11 is 9.80. The van der Waals surface area contributed by atoms with Crippen LogP contribution in [0.15, 0.2) is 54.7 Å². The van der Waals surface area contributed by atoms with Gasteiger partial charge in [0.15, 0.2) is 0 Å². The van der Waals surface area contributed by atoms with E-state index in [1.165, 1.54) is 4.57 Å². The van der Waals surface area contributed by atoms with Gasteiger partial charge in [0.05, 0.1) is 10.2 Å². The fourth-order valence-electron chi connectivity index (χ4n) is 1.59. The van der Waals surface area contributed by atoms with Crippen molar-refractivity contribution in [2.45, 2.75) is 6.54 Å². The molecule has 1 amide bonds. The summed E-state index contributed by atoms with van der Waals surface area (Å²) in [5.41, 5.74) is 0.412. The highest BCUT2D eigenvalue weighted by Gasteiger charge is 2.09. The summed E-state index contributed by atoms with van der Waals surface area (Å²) in [7, 11) is 0. The molecule has 0 aliphatic rings. The van der Waals surface area contributed by atoms with Crippen LogP contribution in [0.2, 0.25) is 0 Å². The van der Waals surface area contributed by atoms with E-state index in [9.17, 15) is 9.59 Å². The summed E-state index contributed by atoms with van der Waals surface area (Å²) in [5.74, 6) is -0.274. The van der Waals surface area contributed by atoms with Gasteiger partial charge in [-0.1, -0.05) is 12.1 Å². The Hall–Kier alpha value is -0.920. The summed E-state index contributed by atoms with van der Waals surface area (Å²) in [4.78, 5) is 23.9. The summed E-state index contributed by atoms with van der Waals surface area (Å²) in [6, 6.07) is 8.93. The molecule has 2 rings (SSSR count). The number of nitrogens with one attached hydrogen (secondary N) is 1. The average molecular weight is 465 g/mol. The molecule has 1 aromatic heterocycles. The van der Waals surface area contributed by atoms with Gasteiger partial charge in [0.25, 0.3) is 5.56 Å². The van der Waals surface area contributed by atoms with Crippen molar-refractivity contribution in [2.75, 3.05) is 5.32 Å². The Kier molecular flexibility index (Phi) is 5.17. The first-order chi connectivity index (χ1) is 9.47. The third kappa shape index (κ3) is 3.80. The van der Waals surface area contributed by atoms with Crippen LogP contribution in [-0.2, 0) is 11.3 Å². The number of nitrogens with zero attached hydrogens (tertiary/aromatic N) is 1. The molecular weight excluding hydrogens is 456 g/mol. The maximum Gasteiger partial charge on any atom is 0.265 e. The molecule has 0 saturated heterocycles. The van der Waals surface area contributed by atoms with Crippen molar-refractivity contribution in [3.63, 3.8) is 0 Å². The molecule has 2 aromatic rings. The lowest BCUT2D eigenvalue weighted by molar-refractivity contribution is -0.116. The molecule has 0 bridgehead atoms. The molecule has 104 valence electrons. The number of para-hydroxylation sites is 1. The van der Waals surface area contributed by atoms with Crippen LogP contribution in [0.5, 0.6) is 0 Å². The molecule has 1 N–H and O–H groups in total. The molecule has 0 saturated carbocycles. The second kappa shape index (κ2) is 6.69. The van der Waals surface area contributed by atoms with Gasteiger partial charge in [0, 0.05) is 15.1 Å². The smallest absolute Gasteiger partial charge is 0.265 e. The predicted molar refractivity (Wildman–Crippen MR) is 88.9 cm³/mol. The van der Waals surface area contributed by atoms with Crippen molar-refractivity contribution in [3.05, 3.63) is 60.3 Å². The van der Waals surface area contributed by atoms with Crippen LogP contribution in [0.25, 0.3) is 0 Å². The molecule has 20 heavy (non-hydrogen) atoms. The third-order valence-electron chi connectivity index (χ3n) is 2.47. The van der Waals surface area contributed by atoms with E-state index in [2.05, 4.69) is 53.1 Å². The van der Waals surface area contributed by atoms with E-state index in [4.69, 9.17) is 0 Å². The number of hydrogen-bond acceptors (Lipinski definition) is 2. The zero-order valence-corrected chi connectivity index (χ0v) is 14.8. The molecule has 0 fully saturated rings. The van der Waals surface area contributed by atoms with Crippen molar-refractivity contribution in [3.8, 4) is 0 Å². The van der Waals surface area contributed by atoms with E-state index in [0.717, 1.165) is 8.95 Å². The fourth-order valence-corrected chi connectivity index (χ4v) is 3.23. The minimum Gasteiger partial charge on any atom is -0.324 e. The lowest BCUT2D eigenvalue weighted by Gasteiger charge is -2.09.